The third-order valence-corrected chi connectivity index (χ3v) is 4.27. The number of rotatable bonds is 2. The van der Waals surface area contributed by atoms with Crippen molar-refractivity contribution in [2.24, 2.45) is 5.92 Å². The first-order valence-corrected chi connectivity index (χ1v) is 6.95. The molecule has 2 aliphatic rings. The molecule has 3 nitrogen and oxygen atoms in total. The van der Waals surface area contributed by atoms with Gasteiger partial charge in [-0.05, 0) is 44.7 Å². The summed E-state index contributed by atoms with van der Waals surface area (Å²) in [5.41, 5.74) is 1.77. The Bertz CT molecular complexity index is 446. The van der Waals surface area contributed by atoms with E-state index in [2.05, 4.69) is 10.3 Å². The fourth-order valence-electron chi connectivity index (χ4n) is 3.41. The van der Waals surface area contributed by atoms with Gasteiger partial charge < -0.3 is 5.32 Å². The topological polar surface area (TPSA) is 42.0 Å². The van der Waals surface area contributed by atoms with Gasteiger partial charge in [-0.2, -0.15) is 0 Å². The van der Waals surface area contributed by atoms with Crippen molar-refractivity contribution in [1.82, 2.24) is 10.3 Å². The molecular formula is C15H20N2O. The van der Waals surface area contributed by atoms with E-state index in [1.165, 1.54) is 19.3 Å². The van der Waals surface area contributed by atoms with E-state index in [1.807, 2.05) is 19.1 Å². The molecule has 0 saturated carbocycles. The number of ketones is 1. The minimum atomic E-state index is 0.211. The number of aromatic nitrogens is 1. The molecule has 96 valence electrons. The lowest BCUT2D eigenvalue weighted by atomic mass is 9.77. The Labute approximate surface area is 108 Å². The highest BCUT2D eigenvalue weighted by Crippen LogP contribution is 2.31. The third kappa shape index (κ3) is 2.32. The number of hydrogen-bond acceptors (Lipinski definition) is 3. The number of nitrogens with zero attached hydrogens (tertiary/aromatic N) is 1. The molecule has 0 aromatic carbocycles. The van der Waals surface area contributed by atoms with E-state index in [0.29, 0.717) is 17.9 Å². The molecule has 0 spiro atoms. The molecule has 2 aliphatic heterocycles. The van der Waals surface area contributed by atoms with Crippen molar-refractivity contribution in [2.45, 2.75) is 51.1 Å². The molecule has 2 fully saturated rings. The maximum atomic E-state index is 12.5. The highest BCUT2D eigenvalue weighted by atomic mass is 16.1. The van der Waals surface area contributed by atoms with Gasteiger partial charge >= 0.3 is 0 Å². The van der Waals surface area contributed by atoms with Crippen LogP contribution in [0.5, 0.6) is 0 Å². The Balaban J connectivity index is 1.76. The number of hydrogen-bond donors (Lipinski definition) is 1. The van der Waals surface area contributed by atoms with Crippen LogP contribution in [0.4, 0.5) is 0 Å². The molecule has 0 radical (unpaired) electrons. The van der Waals surface area contributed by atoms with Gasteiger partial charge in [0.05, 0.1) is 0 Å². The van der Waals surface area contributed by atoms with E-state index in [-0.39, 0.29) is 5.92 Å². The van der Waals surface area contributed by atoms with Crippen molar-refractivity contribution in [3.63, 3.8) is 0 Å². The van der Waals surface area contributed by atoms with Gasteiger partial charge in [-0.1, -0.05) is 6.42 Å². The van der Waals surface area contributed by atoms with Crippen LogP contribution in [0.2, 0.25) is 0 Å². The number of fused-ring (bicyclic) bond motifs is 2. The molecule has 1 aromatic rings. The molecule has 1 N–H and O–H groups in total. The summed E-state index contributed by atoms with van der Waals surface area (Å²) in [5, 5.41) is 3.64. The Morgan fingerprint density at radius 3 is 2.72 bits per heavy atom. The number of piperidine rings is 2. The van der Waals surface area contributed by atoms with E-state index in [4.69, 9.17) is 0 Å². The van der Waals surface area contributed by atoms with Crippen molar-refractivity contribution < 1.29 is 4.79 Å². The summed E-state index contributed by atoms with van der Waals surface area (Å²) >= 11 is 0. The average molecular weight is 244 g/mol. The summed E-state index contributed by atoms with van der Waals surface area (Å²) in [6.07, 6.45) is 7.54. The number of Topliss-reactive ketones (excluding diaryl/α,β-unsaturated/α-hetero) is 1. The number of aryl methyl sites for hydroxylation is 1. The van der Waals surface area contributed by atoms with Gasteiger partial charge in [0.2, 0.25) is 0 Å². The second-order valence-electron chi connectivity index (χ2n) is 5.71. The highest BCUT2D eigenvalue weighted by Gasteiger charge is 2.34. The SMILES string of the molecule is Cc1cc(C(=O)C2CC3CCCC(C2)N3)ccn1. The monoisotopic (exact) mass is 244 g/mol. The molecule has 2 atom stereocenters. The molecular weight excluding hydrogens is 224 g/mol. The summed E-state index contributed by atoms with van der Waals surface area (Å²) in [5.74, 6) is 0.530. The predicted molar refractivity (Wildman–Crippen MR) is 70.6 cm³/mol. The van der Waals surface area contributed by atoms with Crippen LogP contribution < -0.4 is 5.32 Å². The van der Waals surface area contributed by atoms with Crippen molar-refractivity contribution in [3.05, 3.63) is 29.6 Å². The minimum Gasteiger partial charge on any atom is -0.311 e. The molecule has 2 unspecified atom stereocenters. The molecule has 2 bridgehead atoms. The van der Waals surface area contributed by atoms with Crippen LogP contribution >= 0.6 is 0 Å². The van der Waals surface area contributed by atoms with Gasteiger partial charge in [0, 0.05) is 35.5 Å². The molecule has 3 heterocycles. The summed E-state index contributed by atoms with van der Waals surface area (Å²) in [4.78, 5) is 16.7. The summed E-state index contributed by atoms with van der Waals surface area (Å²) in [6.45, 7) is 1.94. The van der Waals surface area contributed by atoms with Gasteiger partial charge in [0.1, 0.15) is 0 Å². The van der Waals surface area contributed by atoms with Crippen molar-refractivity contribution >= 4 is 5.78 Å². The smallest absolute Gasteiger partial charge is 0.166 e. The minimum absolute atomic E-state index is 0.211. The van der Waals surface area contributed by atoms with Crippen LogP contribution in [0, 0.1) is 12.8 Å². The maximum Gasteiger partial charge on any atom is 0.166 e. The van der Waals surface area contributed by atoms with E-state index in [9.17, 15) is 4.79 Å². The van der Waals surface area contributed by atoms with Crippen molar-refractivity contribution in [2.75, 3.05) is 0 Å². The van der Waals surface area contributed by atoms with Gasteiger partial charge in [0.15, 0.2) is 5.78 Å². The predicted octanol–water partition coefficient (Wildman–Crippen LogP) is 2.49. The maximum absolute atomic E-state index is 12.5. The van der Waals surface area contributed by atoms with Crippen LogP contribution in [0.15, 0.2) is 18.3 Å². The third-order valence-electron chi connectivity index (χ3n) is 4.27. The van der Waals surface area contributed by atoms with Crippen LogP contribution in [0.1, 0.15) is 48.2 Å². The standard InChI is InChI=1S/C15H20N2O/c1-10-7-11(5-6-16-10)15(18)12-8-13-3-2-4-14(9-12)17-13/h5-7,12-14,17H,2-4,8-9H2,1H3. The first kappa shape index (κ1) is 11.8. The van der Waals surface area contributed by atoms with E-state index in [1.54, 1.807) is 6.20 Å². The normalized spacial score (nSPS) is 31.1. The second-order valence-corrected chi connectivity index (χ2v) is 5.71. The van der Waals surface area contributed by atoms with E-state index >= 15 is 0 Å². The largest absolute Gasteiger partial charge is 0.311 e. The zero-order valence-corrected chi connectivity index (χ0v) is 10.9. The van der Waals surface area contributed by atoms with Crippen molar-refractivity contribution in [3.8, 4) is 0 Å². The molecule has 1 aromatic heterocycles. The molecule has 3 heteroatoms. The zero-order valence-electron chi connectivity index (χ0n) is 10.9. The van der Waals surface area contributed by atoms with Crippen LogP contribution in [0.3, 0.4) is 0 Å². The quantitative estimate of drug-likeness (QED) is 0.813. The molecule has 0 aliphatic carbocycles. The number of nitrogens with one attached hydrogen (secondary N) is 1. The lowest BCUT2D eigenvalue weighted by Gasteiger charge is -2.39. The Morgan fingerprint density at radius 1 is 1.33 bits per heavy atom. The Kier molecular flexibility index (Phi) is 3.16. The molecule has 0 amide bonds. The van der Waals surface area contributed by atoms with Crippen LogP contribution in [-0.2, 0) is 0 Å². The van der Waals surface area contributed by atoms with E-state index < -0.39 is 0 Å². The van der Waals surface area contributed by atoms with Gasteiger partial charge in [-0.25, -0.2) is 0 Å². The second kappa shape index (κ2) is 4.81. The summed E-state index contributed by atoms with van der Waals surface area (Å²) in [6, 6.07) is 4.90. The molecule has 18 heavy (non-hydrogen) atoms. The van der Waals surface area contributed by atoms with Gasteiger partial charge in [-0.3, -0.25) is 9.78 Å². The lowest BCUT2D eigenvalue weighted by molar-refractivity contribution is 0.0825. The Morgan fingerprint density at radius 2 is 2.06 bits per heavy atom. The fourth-order valence-corrected chi connectivity index (χ4v) is 3.41. The molecule has 2 saturated heterocycles. The highest BCUT2D eigenvalue weighted by molar-refractivity contribution is 5.98. The van der Waals surface area contributed by atoms with Crippen LogP contribution in [-0.4, -0.2) is 22.9 Å². The fraction of sp³-hybridized carbons (Fsp3) is 0.600. The van der Waals surface area contributed by atoms with Gasteiger partial charge in [0.25, 0.3) is 0 Å². The number of pyridine rings is 1. The Hall–Kier alpha value is -1.22. The van der Waals surface area contributed by atoms with Crippen LogP contribution in [0.25, 0.3) is 0 Å². The summed E-state index contributed by atoms with van der Waals surface area (Å²) < 4.78 is 0. The number of carbonyl (C=O) groups excluding carboxylic acids is 1. The first-order valence-electron chi connectivity index (χ1n) is 6.95. The average Bonchev–Trinajstić information content (AvgIpc) is 2.37. The number of carbonyl (C=O) groups is 1. The first-order chi connectivity index (χ1) is 8.72. The van der Waals surface area contributed by atoms with Gasteiger partial charge in [-0.15, -0.1) is 0 Å². The molecule has 3 rings (SSSR count). The summed E-state index contributed by atoms with van der Waals surface area (Å²) in [7, 11) is 0. The van der Waals surface area contributed by atoms with E-state index in [0.717, 1.165) is 24.1 Å². The zero-order chi connectivity index (χ0) is 12.5. The van der Waals surface area contributed by atoms with Crippen molar-refractivity contribution in [1.29, 1.82) is 0 Å². The lowest BCUT2D eigenvalue weighted by Crippen LogP contribution is -2.50.